The molecule has 0 radical (unpaired) electrons. The highest BCUT2D eigenvalue weighted by atomic mass is 16.2. The normalized spacial score (nSPS) is 24.0. The largest absolute Gasteiger partial charge is 0.338 e. The highest BCUT2D eigenvalue weighted by Gasteiger charge is 2.29. The zero-order valence-electron chi connectivity index (χ0n) is 11.8. The van der Waals surface area contributed by atoms with Crippen molar-refractivity contribution in [2.24, 2.45) is 13.0 Å². The summed E-state index contributed by atoms with van der Waals surface area (Å²) in [4.78, 5) is 14.4. The van der Waals surface area contributed by atoms with E-state index in [0.29, 0.717) is 12.0 Å². The molecule has 0 unspecified atom stereocenters. The maximum Gasteiger partial charge on any atom is 0.257 e. The first kappa shape index (κ1) is 13.1. The van der Waals surface area contributed by atoms with E-state index >= 15 is 0 Å². The molecular weight excluding hydrogens is 226 g/mol. The maximum atomic E-state index is 12.5. The van der Waals surface area contributed by atoms with Crippen LogP contribution in [0.4, 0.5) is 0 Å². The van der Waals surface area contributed by atoms with E-state index in [1.54, 1.807) is 10.9 Å². The van der Waals surface area contributed by atoms with Crippen LogP contribution in [0.1, 0.15) is 48.7 Å². The molecule has 0 saturated heterocycles. The van der Waals surface area contributed by atoms with E-state index in [1.165, 1.54) is 19.3 Å². The van der Waals surface area contributed by atoms with Crippen LogP contribution in [0.25, 0.3) is 0 Å². The SMILES string of the molecule is Cc1c(C(=O)N(C)[C@H]2CCCC[C@H]2C)cnn1C. The molecule has 1 aromatic rings. The van der Waals surface area contributed by atoms with Gasteiger partial charge in [-0.05, 0) is 25.7 Å². The topological polar surface area (TPSA) is 38.1 Å². The summed E-state index contributed by atoms with van der Waals surface area (Å²) < 4.78 is 1.76. The molecular formula is C14H23N3O. The Bertz CT molecular complexity index is 438. The Balaban J connectivity index is 2.15. The van der Waals surface area contributed by atoms with E-state index in [0.717, 1.165) is 17.7 Å². The summed E-state index contributed by atoms with van der Waals surface area (Å²) in [7, 11) is 3.80. The summed E-state index contributed by atoms with van der Waals surface area (Å²) in [6.07, 6.45) is 6.57. The first-order valence-corrected chi connectivity index (χ1v) is 6.78. The zero-order chi connectivity index (χ0) is 13.3. The van der Waals surface area contributed by atoms with Crippen LogP contribution in [0.3, 0.4) is 0 Å². The first-order chi connectivity index (χ1) is 8.52. The predicted molar refractivity (Wildman–Crippen MR) is 71.5 cm³/mol. The van der Waals surface area contributed by atoms with Crippen molar-refractivity contribution < 1.29 is 4.79 Å². The van der Waals surface area contributed by atoms with E-state index < -0.39 is 0 Å². The van der Waals surface area contributed by atoms with Gasteiger partial charge in [-0.15, -0.1) is 0 Å². The van der Waals surface area contributed by atoms with Crippen molar-refractivity contribution in [2.75, 3.05) is 7.05 Å². The molecule has 0 N–H and O–H groups in total. The Morgan fingerprint density at radius 1 is 1.44 bits per heavy atom. The second-order valence-corrected chi connectivity index (χ2v) is 5.51. The molecule has 0 bridgehead atoms. The van der Waals surface area contributed by atoms with Crippen LogP contribution in [0.5, 0.6) is 0 Å². The fraction of sp³-hybridized carbons (Fsp3) is 0.714. The fourth-order valence-electron chi connectivity index (χ4n) is 2.92. The van der Waals surface area contributed by atoms with Gasteiger partial charge in [-0.2, -0.15) is 5.10 Å². The van der Waals surface area contributed by atoms with Crippen LogP contribution in [-0.4, -0.2) is 33.7 Å². The third-order valence-corrected chi connectivity index (χ3v) is 4.35. The lowest BCUT2D eigenvalue weighted by Crippen LogP contribution is -2.42. The van der Waals surface area contributed by atoms with Gasteiger partial charge in [-0.1, -0.05) is 19.8 Å². The number of rotatable bonds is 2. The standard InChI is InChI=1S/C14H23N3O/c1-10-7-5-6-8-13(10)16(3)14(18)12-9-15-17(4)11(12)2/h9-10,13H,5-8H2,1-4H3/t10-,13+/m1/s1. The third-order valence-electron chi connectivity index (χ3n) is 4.35. The predicted octanol–water partition coefficient (Wildman–Crippen LogP) is 2.38. The quantitative estimate of drug-likeness (QED) is 0.807. The number of carbonyl (C=O) groups excluding carboxylic acids is 1. The molecule has 1 fully saturated rings. The number of hydrogen-bond acceptors (Lipinski definition) is 2. The summed E-state index contributed by atoms with van der Waals surface area (Å²) >= 11 is 0. The molecule has 1 aliphatic carbocycles. The second kappa shape index (κ2) is 5.12. The van der Waals surface area contributed by atoms with Crippen molar-refractivity contribution in [3.8, 4) is 0 Å². The van der Waals surface area contributed by atoms with Crippen LogP contribution >= 0.6 is 0 Å². The lowest BCUT2D eigenvalue weighted by Gasteiger charge is -2.36. The van der Waals surface area contributed by atoms with Crippen LogP contribution < -0.4 is 0 Å². The molecule has 0 aliphatic heterocycles. The van der Waals surface area contributed by atoms with Gasteiger partial charge in [0, 0.05) is 25.8 Å². The van der Waals surface area contributed by atoms with Gasteiger partial charge in [0.25, 0.3) is 5.91 Å². The smallest absolute Gasteiger partial charge is 0.257 e. The molecule has 1 heterocycles. The minimum Gasteiger partial charge on any atom is -0.338 e. The summed E-state index contributed by atoms with van der Waals surface area (Å²) in [6.45, 7) is 4.20. The van der Waals surface area contributed by atoms with Gasteiger partial charge in [0.15, 0.2) is 0 Å². The molecule has 100 valence electrons. The number of hydrogen-bond donors (Lipinski definition) is 0. The van der Waals surface area contributed by atoms with Crippen molar-refractivity contribution in [1.29, 1.82) is 0 Å². The number of carbonyl (C=O) groups is 1. The molecule has 2 rings (SSSR count). The lowest BCUT2D eigenvalue weighted by atomic mass is 9.85. The summed E-state index contributed by atoms with van der Waals surface area (Å²) in [5.74, 6) is 0.712. The highest BCUT2D eigenvalue weighted by Crippen LogP contribution is 2.28. The van der Waals surface area contributed by atoms with Crippen molar-refractivity contribution in [3.63, 3.8) is 0 Å². The van der Waals surface area contributed by atoms with Gasteiger partial charge in [-0.25, -0.2) is 0 Å². The van der Waals surface area contributed by atoms with Gasteiger partial charge in [-0.3, -0.25) is 9.48 Å². The molecule has 18 heavy (non-hydrogen) atoms. The van der Waals surface area contributed by atoms with Crippen LogP contribution in [0, 0.1) is 12.8 Å². The number of aryl methyl sites for hydroxylation is 1. The monoisotopic (exact) mass is 249 g/mol. The molecule has 1 saturated carbocycles. The second-order valence-electron chi connectivity index (χ2n) is 5.51. The molecule has 0 aromatic carbocycles. The van der Waals surface area contributed by atoms with Gasteiger partial charge in [0.05, 0.1) is 11.8 Å². The van der Waals surface area contributed by atoms with Gasteiger partial charge in [0.1, 0.15) is 0 Å². The Morgan fingerprint density at radius 3 is 2.67 bits per heavy atom. The van der Waals surface area contributed by atoms with E-state index in [-0.39, 0.29) is 5.91 Å². The van der Waals surface area contributed by atoms with Crippen molar-refractivity contribution in [2.45, 2.75) is 45.6 Å². The van der Waals surface area contributed by atoms with E-state index in [2.05, 4.69) is 12.0 Å². The lowest BCUT2D eigenvalue weighted by molar-refractivity contribution is 0.0628. The highest BCUT2D eigenvalue weighted by molar-refractivity contribution is 5.95. The molecule has 4 nitrogen and oxygen atoms in total. The average Bonchev–Trinajstić information content (AvgIpc) is 2.69. The Morgan fingerprint density at radius 2 is 2.11 bits per heavy atom. The minimum atomic E-state index is 0.111. The molecule has 1 amide bonds. The number of aromatic nitrogens is 2. The molecule has 1 aliphatic rings. The van der Waals surface area contributed by atoms with E-state index in [9.17, 15) is 4.79 Å². The van der Waals surface area contributed by atoms with Crippen LogP contribution in [-0.2, 0) is 7.05 Å². The van der Waals surface area contributed by atoms with Crippen LogP contribution in [0.15, 0.2) is 6.20 Å². The first-order valence-electron chi connectivity index (χ1n) is 6.78. The molecule has 1 aromatic heterocycles. The fourth-order valence-corrected chi connectivity index (χ4v) is 2.92. The van der Waals surface area contributed by atoms with Gasteiger partial charge in [0.2, 0.25) is 0 Å². The summed E-state index contributed by atoms with van der Waals surface area (Å²) in [6, 6.07) is 0.380. The Kier molecular flexibility index (Phi) is 3.73. The van der Waals surface area contributed by atoms with Gasteiger partial charge < -0.3 is 4.90 Å². The number of nitrogens with zero attached hydrogens (tertiary/aromatic N) is 3. The molecule has 4 heteroatoms. The van der Waals surface area contributed by atoms with Crippen LogP contribution in [0.2, 0.25) is 0 Å². The third kappa shape index (κ3) is 2.28. The van der Waals surface area contributed by atoms with Crippen molar-refractivity contribution >= 4 is 5.91 Å². The Hall–Kier alpha value is -1.32. The van der Waals surface area contributed by atoms with E-state index in [4.69, 9.17) is 0 Å². The van der Waals surface area contributed by atoms with Gasteiger partial charge >= 0.3 is 0 Å². The van der Waals surface area contributed by atoms with Crippen molar-refractivity contribution in [1.82, 2.24) is 14.7 Å². The van der Waals surface area contributed by atoms with E-state index in [1.807, 2.05) is 25.9 Å². The minimum absolute atomic E-state index is 0.111. The number of amides is 1. The van der Waals surface area contributed by atoms with Crippen molar-refractivity contribution in [3.05, 3.63) is 17.5 Å². The zero-order valence-corrected chi connectivity index (χ0v) is 11.8. The molecule has 2 atom stereocenters. The molecule has 0 spiro atoms. The summed E-state index contributed by atoms with van der Waals surface area (Å²) in [5.41, 5.74) is 1.67. The Labute approximate surface area is 109 Å². The summed E-state index contributed by atoms with van der Waals surface area (Å²) in [5, 5.41) is 4.15. The average molecular weight is 249 g/mol. The maximum absolute atomic E-state index is 12.5.